The summed E-state index contributed by atoms with van der Waals surface area (Å²) in [6.07, 6.45) is 3.11. The smallest absolute Gasteiger partial charge is 0.311 e. The molecule has 1 heterocycles. The van der Waals surface area contributed by atoms with Crippen LogP contribution >= 0.6 is 0 Å². The van der Waals surface area contributed by atoms with Gasteiger partial charge in [0.2, 0.25) is 0 Å². The van der Waals surface area contributed by atoms with Crippen molar-refractivity contribution in [1.82, 2.24) is 5.32 Å². The van der Waals surface area contributed by atoms with Gasteiger partial charge >= 0.3 is 5.97 Å². The topological polar surface area (TPSA) is 67.8 Å². The molecule has 1 fully saturated rings. The van der Waals surface area contributed by atoms with Crippen molar-refractivity contribution in [3.63, 3.8) is 0 Å². The van der Waals surface area contributed by atoms with E-state index >= 15 is 0 Å². The van der Waals surface area contributed by atoms with Gasteiger partial charge in [0.05, 0.1) is 5.41 Å². The second kappa shape index (κ2) is 7.63. The summed E-state index contributed by atoms with van der Waals surface area (Å²) in [6, 6.07) is 0. The Hall–Kier alpha value is -0.650. The van der Waals surface area contributed by atoms with Crippen molar-refractivity contribution in [2.24, 2.45) is 5.41 Å². The van der Waals surface area contributed by atoms with Gasteiger partial charge < -0.3 is 19.9 Å². The SMILES string of the molecule is COCCCOCCC1(C(=O)O)CCCNC1. The highest BCUT2D eigenvalue weighted by molar-refractivity contribution is 5.75. The monoisotopic (exact) mass is 245 g/mol. The van der Waals surface area contributed by atoms with Crippen LogP contribution in [0.1, 0.15) is 25.7 Å². The van der Waals surface area contributed by atoms with Crippen molar-refractivity contribution in [3.05, 3.63) is 0 Å². The number of piperidine rings is 1. The summed E-state index contributed by atoms with van der Waals surface area (Å²) in [5.74, 6) is -0.704. The van der Waals surface area contributed by atoms with Crippen LogP contribution in [0.15, 0.2) is 0 Å². The van der Waals surface area contributed by atoms with E-state index in [1.807, 2.05) is 0 Å². The molecule has 0 radical (unpaired) electrons. The van der Waals surface area contributed by atoms with E-state index < -0.39 is 11.4 Å². The lowest BCUT2D eigenvalue weighted by atomic mass is 9.78. The Morgan fingerprint density at radius 3 is 2.82 bits per heavy atom. The van der Waals surface area contributed by atoms with Crippen molar-refractivity contribution < 1.29 is 19.4 Å². The molecular formula is C12H23NO4. The van der Waals surface area contributed by atoms with Gasteiger partial charge in [0, 0.05) is 33.5 Å². The van der Waals surface area contributed by atoms with E-state index in [1.54, 1.807) is 7.11 Å². The lowest BCUT2D eigenvalue weighted by Gasteiger charge is -2.33. The largest absolute Gasteiger partial charge is 0.481 e. The lowest BCUT2D eigenvalue weighted by molar-refractivity contribution is -0.151. The molecule has 0 aromatic carbocycles. The van der Waals surface area contributed by atoms with Gasteiger partial charge in [-0.2, -0.15) is 0 Å². The van der Waals surface area contributed by atoms with Crippen LogP contribution in [-0.4, -0.2) is 51.1 Å². The summed E-state index contributed by atoms with van der Waals surface area (Å²) >= 11 is 0. The first-order valence-electron chi connectivity index (χ1n) is 6.22. The average molecular weight is 245 g/mol. The molecule has 5 nitrogen and oxygen atoms in total. The first-order valence-corrected chi connectivity index (χ1v) is 6.22. The third-order valence-corrected chi connectivity index (χ3v) is 3.29. The first-order chi connectivity index (χ1) is 8.21. The second-order valence-electron chi connectivity index (χ2n) is 4.57. The van der Waals surface area contributed by atoms with Crippen molar-refractivity contribution >= 4 is 5.97 Å². The van der Waals surface area contributed by atoms with Crippen molar-refractivity contribution in [2.75, 3.05) is 40.0 Å². The normalized spacial score (nSPS) is 24.8. The number of nitrogens with one attached hydrogen (secondary N) is 1. The van der Waals surface area contributed by atoms with E-state index in [4.69, 9.17) is 9.47 Å². The number of methoxy groups -OCH3 is 1. The summed E-state index contributed by atoms with van der Waals surface area (Å²) in [4.78, 5) is 11.3. The molecule has 0 saturated carbocycles. The molecule has 0 aromatic rings. The summed E-state index contributed by atoms with van der Waals surface area (Å²) in [5.41, 5.74) is -0.625. The summed E-state index contributed by atoms with van der Waals surface area (Å²) in [5, 5.41) is 12.5. The van der Waals surface area contributed by atoms with Crippen LogP contribution in [0.3, 0.4) is 0 Å². The molecule has 1 unspecified atom stereocenters. The van der Waals surface area contributed by atoms with Crippen LogP contribution in [-0.2, 0) is 14.3 Å². The number of carboxylic acids is 1. The molecule has 1 aliphatic rings. The van der Waals surface area contributed by atoms with Gasteiger partial charge in [-0.15, -0.1) is 0 Å². The molecular weight excluding hydrogens is 222 g/mol. The van der Waals surface area contributed by atoms with E-state index in [1.165, 1.54) is 0 Å². The maximum atomic E-state index is 11.3. The fraction of sp³-hybridized carbons (Fsp3) is 0.917. The van der Waals surface area contributed by atoms with Gasteiger partial charge in [0.25, 0.3) is 0 Å². The second-order valence-corrected chi connectivity index (χ2v) is 4.57. The van der Waals surface area contributed by atoms with Crippen LogP contribution < -0.4 is 5.32 Å². The van der Waals surface area contributed by atoms with Crippen molar-refractivity contribution in [1.29, 1.82) is 0 Å². The lowest BCUT2D eigenvalue weighted by Crippen LogP contribution is -2.46. The highest BCUT2D eigenvalue weighted by Gasteiger charge is 2.39. The standard InChI is InChI=1S/C12H23NO4/c1-16-7-3-8-17-9-5-12(11(14)15)4-2-6-13-10-12/h13H,2-10H2,1H3,(H,14,15). The van der Waals surface area contributed by atoms with Crippen LogP contribution in [0, 0.1) is 5.41 Å². The molecule has 100 valence electrons. The Kier molecular flexibility index (Phi) is 6.47. The quantitative estimate of drug-likeness (QED) is 0.621. The van der Waals surface area contributed by atoms with Crippen LogP contribution in [0.4, 0.5) is 0 Å². The molecule has 5 heteroatoms. The Bertz CT molecular complexity index is 227. The van der Waals surface area contributed by atoms with E-state index in [0.717, 1.165) is 25.8 Å². The zero-order valence-corrected chi connectivity index (χ0v) is 10.5. The van der Waals surface area contributed by atoms with Gasteiger partial charge in [0.15, 0.2) is 0 Å². The zero-order valence-electron chi connectivity index (χ0n) is 10.5. The van der Waals surface area contributed by atoms with Crippen LogP contribution in [0.2, 0.25) is 0 Å². The van der Waals surface area contributed by atoms with Gasteiger partial charge in [-0.3, -0.25) is 4.79 Å². The number of carboxylic acid groups (broad SMARTS) is 1. The molecule has 0 aromatic heterocycles. The molecule has 0 aliphatic carbocycles. The number of carbonyl (C=O) groups is 1. The highest BCUT2D eigenvalue weighted by Crippen LogP contribution is 2.30. The number of ether oxygens (including phenoxy) is 2. The van der Waals surface area contributed by atoms with E-state index in [-0.39, 0.29) is 0 Å². The summed E-state index contributed by atoms with van der Waals surface area (Å²) < 4.78 is 10.4. The number of rotatable bonds is 8. The minimum Gasteiger partial charge on any atom is -0.481 e. The molecule has 1 saturated heterocycles. The predicted molar refractivity (Wildman–Crippen MR) is 64.1 cm³/mol. The molecule has 1 aliphatic heterocycles. The zero-order chi connectivity index (χ0) is 12.6. The van der Waals surface area contributed by atoms with Crippen molar-refractivity contribution in [2.45, 2.75) is 25.7 Å². The molecule has 1 rings (SSSR count). The minimum absolute atomic E-state index is 0.512. The maximum absolute atomic E-state index is 11.3. The minimum atomic E-state index is -0.704. The van der Waals surface area contributed by atoms with Crippen molar-refractivity contribution in [3.8, 4) is 0 Å². The summed E-state index contributed by atoms with van der Waals surface area (Å²) in [6.45, 7) is 3.31. The number of hydrogen-bond acceptors (Lipinski definition) is 4. The molecule has 0 bridgehead atoms. The Balaban J connectivity index is 2.23. The Morgan fingerprint density at radius 2 is 2.24 bits per heavy atom. The van der Waals surface area contributed by atoms with E-state index in [9.17, 15) is 9.90 Å². The fourth-order valence-corrected chi connectivity index (χ4v) is 2.15. The fourth-order valence-electron chi connectivity index (χ4n) is 2.15. The maximum Gasteiger partial charge on any atom is 0.311 e. The third kappa shape index (κ3) is 4.61. The van der Waals surface area contributed by atoms with Gasteiger partial charge in [-0.25, -0.2) is 0 Å². The summed E-state index contributed by atoms with van der Waals surface area (Å²) in [7, 11) is 1.66. The third-order valence-electron chi connectivity index (χ3n) is 3.29. The first kappa shape index (κ1) is 14.4. The molecule has 1 atom stereocenters. The highest BCUT2D eigenvalue weighted by atomic mass is 16.5. The average Bonchev–Trinajstić information content (AvgIpc) is 2.34. The van der Waals surface area contributed by atoms with Gasteiger partial charge in [-0.05, 0) is 32.2 Å². The molecule has 0 spiro atoms. The van der Waals surface area contributed by atoms with E-state index in [2.05, 4.69) is 5.32 Å². The van der Waals surface area contributed by atoms with Crippen LogP contribution in [0.25, 0.3) is 0 Å². The van der Waals surface area contributed by atoms with Gasteiger partial charge in [0.1, 0.15) is 0 Å². The number of aliphatic carboxylic acids is 1. The van der Waals surface area contributed by atoms with Crippen LogP contribution in [0.5, 0.6) is 0 Å². The Morgan fingerprint density at radius 1 is 1.41 bits per heavy atom. The molecule has 17 heavy (non-hydrogen) atoms. The van der Waals surface area contributed by atoms with E-state index in [0.29, 0.717) is 32.8 Å². The number of hydrogen-bond donors (Lipinski definition) is 2. The van der Waals surface area contributed by atoms with Gasteiger partial charge in [-0.1, -0.05) is 0 Å². The Labute approximate surface area is 102 Å². The predicted octanol–water partition coefficient (Wildman–Crippen LogP) is 0.884. The molecule has 2 N–H and O–H groups in total. The molecule has 0 amide bonds.